The van der Waals surface area contributed by atoms with Crippen molar-refractivity contribution >= 4 is 0 Å². The summed E-state index contributed by atoms with van der Waals surface area (Å²) >= 11 is 0. The lowest BCUT2D eigenvalue weighted by Crippen LogP contribution is -2.50. The van der Waals surface area contributed by atoms with E-state index in [0.29, 0.717) is 0 Å². The van der Waals surface area contributed by atoms with Crippen LogP contribution in [0.25, 0.3) is 0 Å². The molecule has 11 heavy (non-hydrogen) atoms. The highest BCUT2D eigenvalue weighted by molar-refractivity contribution is 5.09. The van der Waals surface area contributed by atoms with Crippen LogP contribution in [0, 0.1) is 12.3 Å². The molecule has 0 aliphatic carbocycles. The maximum atomic E-state index is 5.50. The molecule has 0 amide bonds. The highest BCUT2D eigenvalue weighted by Crippen LogP contribution is 2.27. The van der Waals surface area contributed by atoms with Gasteiger partial charge in [-0.15, -0.1) is 6.42 Å². The molecule has 62 valence electrons. The summed E-state index contributed by atoms with van der Waals surface area (Å²) in [5, 5.41) is 0. The van der Waals surface area contributed by atoms with Gasteiger partial charge in [0.25, 0.3) is 0 Å². The van der Waals surface area contributed by atoms with Crippen LogP contribution >= 0.6 is 0 Å². The Balaban J connectivity index is 2.62. The summed E-state index contributed by atoms with van der Waals surface area (Å²) in [6, 6.07) is -0.176. The van der Waals surface area contributed by atoms with E-state index in [-0.39, 0.29) is 11.6 Å². The molecule has 0 spiro atoms. The van der Waals surface area contributed by atoms with E-state index in [9.17, 15) is 0 Å². The van der Waals surface area contributed by atoms with Gasteiger partial charge in [-0.05, 0) is 19.8 Å². The lowest BCUT2D eigenvalue weighted by molar-refractivity contribution is 0.00371. The molecule has 1 saturated heterocycles. The standard InChI is InChI=1S/C8H14N2O/c1-3-7(10-9)8(2)5-4-6-11-8/h1,7,10H,4-6,9H2,2H3. The SMILES string of the molecule is C#CC(NN)C1(C)CCCO1. The maximum absolute atomic E-state index is 5.50. The third-order valence-electron chi connectivity index (χ3n) is 2.19. The summed E-state index contributed by atoms with van der Waals surface area (Å²) in [5.41, 5.74) is 2.31. The fourth-order valence-electron chi connectivity index (χ4n) is 1.43. The highest BCUT2D eigenvalue weighted by atomic mass is 16.5. The van der Waals surface area contributed by atoms with Crippen molar-refractivity contribution in [1.82, 2.24) is 5.43 Å². The second-order valence-corrected chi connectivity index (χ2v) is 3.03. The predicted molar refractivity (Wildman–Crippen MR) is 43.5 cm³/mol. The van der Waals surface area contributed by atoms with Gasteiger partial charge < -0.3 is 4.74 Å². The molecule has 2 unspecified atom stereocenters. The Labute approximate surface area is 67.3 Å². The van der Waals surface area contributed by atoms with E-state index in [1.54, 1.807) is 0 Å². The van der Waals surface area contributed by atoms with E-state index in [1.807, 2.05) is 6.92 Å². The van der Waals surface area contributed by atoms with Crippen LogP contribution < -0.4 is 11.3 Å². The van der Waals surface area contributed by atoms with Gasteiger partial charge in [-0.3, -0.25) is 5.84 Å². The maximum Gasteiger partial charge on any atom is 0.110 e. The molecule has 1 rings (SSSR count). The predicted octanol–water partition coefficient (Wildman–Crippen LogP) is 0.0206. The molecule has 1 aliphatic heterocycles. The first-order chi connectivity index (χ1) is 5.23. The number of hydrogen-bond acceptors (Lipinski definition) is 3. The van der Waals surface area contributed by atoms with Gasteiger partial charge in [-0.2, -0.15) is 0 Å². The fraction of sp³-hybridized carbons (Fsp3) is 0.750. The minimum absolute atomic E-state index is 0.176. The number of nitrogens with one attached hydrogen (secondary N) is 1. The fourth-order valence-corrected chi connectivity index (χ4v) is 1.43. The number of terminal acetylenes is 1. The average molecular weight is 154 g/mol. The average Bonchev–Trinajstić information content (AvgIpc) is 2.39. The van der Waals surface area contributed by atoms with Gasteiger partial charge in [-0.1, -0.05) is 5.92 Å². The number of rotatable bonds is 2. The molecule has 1 aliphatic rings. The first-order valence-electron chi connectivity index (χ1n) is 3.79. The van der Waals surface area contributed by atoms with E-state index in [2.05, 4.69) is 11.3 Å². The van der Waals surface area contributed by atoms with Crippen LogP contribution in [0.4, 0.5) is 0 Å². The third-order valence-corrected chi connectivity index (χ3v) is 2.19. The van der Waals surface area contributed by atoms with Gasteiger partial charge in [-0.25, -0.2) is 5.43 Å². The Morgan fingerprint density at radius 3 is 2.91 bits per heavy atom. The molecule has 0 radical (unpaired) electrons. The molecule has 2 atom stereocenters. The molecule has 3 N–H and O–H groups in total. The van der Waals surface area contributed by atoms with Crippen molar-refractivity contribution in [1.29, 1.82) is 0 Å². The van der Waals surface area contributed by atoms with Crippen molar-refractivity contribution in [2.24, 2.45) is 5.84 Å². The van der Waals surface area contributed by atoms with Crippen molar-refractivity contribution in [3.63, 3.8) is 0 Å². The van der Waals surface area contributed by atoms with Crippen LogP contribution in [0.15, 0.2) is 0 Å². The molecule has 0 saturated carbocycles. The first kappa shape index (κ1) is 8.54. The minimum atomic E-state index is -0.260. The Morgan fingerprint density at radius 2 is 2.55 bits per heavy atom. The zero-order chi connectivity index (χ0) is 8.32. The second-order valence-electron chi connectivity index (χ2n) is 3.03. The zero-order valence-corrected chi connectivity index (χ0v) is 6.76. The third kappa shape index (κ3) is 1.54. The monoisotopic (exact) mass is 154 g/mol. The van der Waals surface area contributed by atoms with Crippen LogP contribution in [-0.2, 0) is 4.74 Å². The zero-order valence-electron chi connectivity index (χ0n) is 6.76. The molecule has 3 nitrogen and oxygen atoms in total. The van der Waals surface area contributed by atoms with Crippen molar-refractivity contribution < 1.29 is 4.74 Å². The lowest BCUT2D eigenvalue weighted by atomic mass is 9.94. The van der Waals surface area contributed by atoms with Crippen molar-refractivity contribution in [3.8, 4) is 12.3 Å². The first-order valence-corrected chi connectivity index (χ1v) is 3.79. The van der Waals surface area contributed by atoms with Crippen LogP contribution in [-0.4, -0.2) is 18.2 Å². The quantitative estimate of drug-likeness (QED) is 0.335. The smallest absolute Gasteiger partial charge is 0.110 e. The van der Waals surface area contributed by atoms with E-state index < -0.39 is 0 Å². The number of hydrazine groups is 1. The Hall–Kier alpha value is -0.560. The van der Waals surface area contributed by atoms with E-state index in [1.165, 1.54) is 0 Å². The van der Waals surface area contributed by atoms with E-state index >= 15 is 0 Å². The van der Waals surface area contributed by atoms with Crippen LogP contribution in [0.5, 0.6) is 0 Å². The highest BCUT2D eigenvalue weighted by Gasteiger charge is 2.36. The van der Waals surface area contributed by atoms with Crippen LogP contribution in [0.3, 0.4) is 0 Å². The molecule has 1 fully saturated rings. The topological polar surface area (TPSA) is 47.3 Å². The van der Waals surface area contributed by atoms with E-state index in [4.69, 9.17) is 17.0 Å². The van der Waals surface area contributed by atoms with Gasteiger partial charge >= 0.3 is 0 Å². The number of ether oxygens (including phenoxy) is 1. The molecule has 0 aromatic heterocycles. The second kappa shape index (κ2) is 3.22. The van der Waals surface area contributed by atoms with Gasteiger partial charge in [0, 0.05) is 6.61 Å². The number of hydrogen-bond donors (Lipinski definition) is 2. The normalized spacial score (nSPS) is 33.2. The van der Waals surface area contributed by atoms with Gasteiger partial charge in [0.1, 0.15) is 6.04 Å². The van der Waals surface area contributed by atoms with Crippen LogP contribution in [0.1, 0.15) is 19.8 Å². The van der Waals surface area contributed by atoms with Gasteiger partial charge in [0.15, 0.2) is 0 Å². The molecule has 0 aromatic carbocycles. The summed E-state index contributed by atoms with van der Waals surface area (Å²) < 4.78 is 5.50. The largest absolute Gasteiger partial charge is 0.373 e. The van der Waals surface area contributed by atoms with Gasteiger partial charge in [0.2, 0.25) is 0 Å². The molecule has 0 aromatic rings. The number of nitrogens with two attached hydrogens (primary N) is 1. The van der Waals surface area contributed by atoms with Crippen molar-refractivity contribution in [2.75, 3.05) is 6.61 Å². The molecule has 1 heterocycles. The van der Waals surface area contributed by atoms with Gasteiger partial charge in [0.05, 0.1) is 5.60 Å². The molecule has 3 heteroatoms. The van der Waals surface area contributed by atoms with Crippen molar-refractivity contribution in [2.45, 2.75) is 31.4 Å². The van der Waals surface area contributed by atoms with E-state index in [0.717, 1.165) is 19.4 Å². The Bertz CT molecular complexity index is 167. The Morgan fingerprint density at radius 1 is 1.82 bits per heavy atom. The molecule has 0 bridgehead atoms. The molecular formula is C8H14N2O. The molecular weight excluding hydrogens is 140 g/mol. The summed E-state index contributed by atoms with van der Waals surface area (Å²) in [6.45, 7) is 2.78. The lowest BCUT2D eigenvalue weighted by Gasteiger charge is -2.28. The summed E-state index contributed by atoms with van der Waals surface area (Å²) in [7, 11) is 0. The summed E-state index contributed by atoms with van der Waals surface area (Å²) in [4.78, 5) is 0. The van der Waals surface area contributed by atoms with Crippen molar-refractivity contribution in [3.05, 3.63) is 0 Å². The Kier molecular flexibility index (Phi) is 2.50. The van der Waals surface area contributed by atoms with Crippen LogP contribution in [0.2, 0.25) is 0 Å². The minimum Gasteiger partial charge on any atom is -0.373 e. The summed E-state index contributed by atoms with van der Waals surface area (Å²) in [5.74, 6) is 7.85. The summed E-state index contributed by atoms with van der Waals surface area (Å²) in [6.07, 6.45) is 7.32.